The lowest BCUT2D eigenvalue weighted by Gasteiger charge is -2.37. The Morgan fingerprint density at radius 2 is 2.19 bits per heavy atom. The van der Waals surface area contributed by atoms with E-state index >= 15 is 0 Å². The normalized spacial score (nSPS) is 23.7. The van der Waals surface area contributed by atoms with Gasteiger partial charge < -0.3 is 10.2 Å². The van der Waals surface area contributed by atoms with Crippen LogP contribution < -0.4 is 5.32 Å². The molecule has 0 spiro atoms. The molecule has 5 nitrogen and oxygen atoms in total. The quantitative estimate of drug-likeness (QED) is 0.679. The van der Waals surface area contributed by atoms with Crippen molar-refractivity contribution in [3.63, 3.8) is 0 Å². The first kappa shape index (κ1) is 10.9. The Bertz CT molecular complexity index is 355. The van der Waals surface area contributed by atoms with Gasteiger partial charge in [-0.05, 0) is 19.3 Å². The zero-order valence-electron chi connectivity index (χ0n) is 9.16. The molecule has 0 radical (unpaired) electrons. The van der Waals surface area contributed by atoms with E-state index in [0.29, 0.717) is 38.9 Å². The molecule has 1 saturated heterocycles. The van der Waals surface area contributed by atoms with Gasteiger partial charge in [-0.2, -0.15) is 5.26 Å². The fraction of sp³-hybridized carbons (Fsp3) is 0.727. The summed E-state index contributed by atoms with van der Waals surface area (Å²) in [7, 11) is 0. The molecule has 2 rings (SSSR count). The molecule has 1 aliphatic carbocycles. The summed E-state index contributed by atoms with van der Waals surface area (Å²) in [5.41, 5.74) is -0.784. The molecule has 2 amide bonds. The molecule has 2 fully saturated rings. The summed E-state index contributed by atoms with van der Waals surface area (Å²) in [4.78, 5) is 25.0. The van der Waals surface area contributed by atoms with Crippen LogP contribution >= 0.6 is 0 Å². The highest BCUT2D eigenvalue weighted by atomic mass is 16.2. The molecule has 86 valence electrons. The summed E-state index contributed by atoms with van der Waals surface area (Å²) in [6.07, 6.45) is 2.62. The number of nitrogens with one attached hydrogen (secondary N) is 1. The summed E-state index contributed by atoms with van der Waals surface area (Å²) in [6.45, 7) is 1.45. The molecule has 0 atom stereocenters. The topological polar surface area (TPSA) is 73.2 Å². The van der Waals surface area contributed by atoms with E-state index in [4.69, 9.17) is 5.26 Å². The Morgan fingerprint density at radius 1 is 1.44 bits per heavy atom. The fourth-order valence-electron chi connectivity index (χ4n) is 2.18. The van der Waals surface area contributed by atoms with E-state index in [-0.39, 0.29) is 11.8 Å². The minimum Gasteiger partial charge on any atom is -0.354 e. The van der Waals surface area contributed by atoms with Gasteiger partial charge in [0.2, 0.25) is 11.8 Å². The third-order valence-corrected chi connectivity index (χ3v) is 3.43. The molecular formula is C11H15N3O2. The molecule has 0 aromatic carbocycles. The summed E-state index contributed by atoms with van der Waals surface area (Å²) < 4.78 is 0. The van der Waals surface area contributed by atoms with Crippen molar-refractivity contribution in [2.75, 3.05) is 19.6 Å². The molecule has 1 N–H and O–H groups in total. The fourth-order valence-corrected chi connectivity index (χ4v) is 2.18. The lowest BCUT2D eigenvalue weighted by molar-refractivity contribution is -0.142. The number of hydrogen-bond acceptors (Lipinski definition) is 3. The van der Waals surface area contributed by atoms with Gasteiger partial charge in [-0.25, -0.2) is 0 Å². The first-order chi connectivity index (χ1) is 7.68. The van der Waals surface area contributed by atoms with Gasteiger partial charge in [0.05, 0.1) is 6.07 Å². The highest BCUT2D eigenvalue weighted by molar-refractivity contribution is 5.87. The standard InChI is InChI=1S/C11H15N3O2/c12-8-11(3-1-4-11)10(16)14-6-2-9(15)13-5-7-14/h1-7H2,(H,13,15). The van der Waals surface area contributed by atoms with Crippen molar-refractivity contribution in [3.05, 3.63) is 0 Å². The van der Waals surface area contributed by atoms with Crippen LogP contribution in [0, 0.1) is 16.7 Å². The largest absolute Gasteiger partial charge is 0.354 e. The molecular weight excluding hydrogens is 206 g/mol. The van der Waals surface area contributed by atoms with Gasteiger partial charge in [0.1, 0.15) is 5.41 Å². The van der Waals surface area contributed by atoms with Crippen molar-refractivity contribution in [2.24, 2.45) is 5.41 Å². The van der Waals surface area contributed by atoms with Gasteiger partial charge in [0, 0.05) is 26.1 Å². The highest BCUT2D eigenvalue weighted by Gasteiger charge is 2.46. The molecule has 0 unspecified atom stereocenters. The summed E-state index contributed by atoms with van der Waals surface area (Å²) >= 11 is 0. The second kappa shape index (κ2) is 4.12. The van der Waals surface area contributed by atoms with E-state index in [1.807, 2.05) is 0 Å². The van der Waals surface area contributed by atoms with E-state index in [1.165, 1.54) is 0 Å². The number of nitriles is 1. The molecule has 0 bridgehead atoms. The van der Waals surface area contributed by atoms with Crippen LogP contribution in [0.25, 0.3) is 0 Å². The van der Waals surface area contributed by atoms with Crippen LogP contribution in [0.4, 0.5) is 0 Å². The Labute approximate surface area is 94.4 Å². The summed E-state index contributed by atoms with van der Waals surface area (Å²) in [5, 5.41) is 11.8. The Balaban J connectivity index is 2.04. The second-order valence-electron chi connectivity index (χ2n) is 4.44. The number of carbonyl (C=O) groups excluding carboxylic acids is 2. The zero-order chi connectivity index (χ0) is 11.6. The van der Waals surface area contributed by atoms with Crippen LogP contribution in [0.2, 0.25) is 0 Å². The minimum absolute atomic E-state index is 0.0186. The number of amides is 2. The third-order valence-electron chi connectivity index (χ3n) is 3.43. The predicted octanol–water partition coefficient (Wildman–Crippen LogP) is 0.0288. The van der Waals surface area contributed by atoms with Crippen molar-refractivity contribution in [2.45, 2.75) is 25.7 Å². The van der Waals surface area contributed by atoms with Crippen LogP contribution in [-0.2, 0) is 9.59 Å². The maximum Gasteiger partial charge on any atom is 0.243 e. The Morgan fingerprint density at radius 3 is 2.75 bits per heavy atom. The maximum atomic E-state index is 12.2. The van der Waals surface area contributed by atoms with Crippen molar-refractivity contribution in [1.29, 1.82) is 5.26 Å². The predicted molar refractivity (Wildman–Crippen MR) is 56.1 cm³/mol. The first-order valence-corrected chi connectivity index (χ1v) is 5.65. The van der Waals surface area contributed by atoms with Crippen LogP contribution in [-0.4, -0.2) is 36.3 Å². The number of nitrogens with zero attached hydrogens (tertiary/aromatic N) is 2. The molecule has 16 heavy (non-hydrogen) atoms. The van der Waals surface area contributed by atoms with Gasteiger partial charge in [-0.15, -0.1) is 0 Å². The Kier molecular flexibility index (Phi) is 2.82. The lowest BCUT2D eigenvalue weighted by Crippen LogP contribution is -2.48. The highest BCUT2D eigenvalue weighted by Crippen LogP contribution is 2.41. The van der Waals surface area contributed by atoms with Crippen LogP contribution in [0.3, 0.4) is 0 Å². The van der Waals surface area contributed by atoms with E-state index < -0.39 is 5.41 Å². The van der Waals surface area contributed by atoms with Crippen molar-refractivity contribution < 1.29 is 9.59 Å². The number of rotatable bonds is 1. The second-order valence-corrected chi connectivity index (χ2v) is 4.44. The molecule has 1 heterocycles. The van der Waals surface area contributed by atoms with Gasteiger partial charge in [0.15, 0.2) is 0 Å². The van der Waals surface area contributed by atoms with Crippen LogP contribution in [0.15, 0.2) is 0 Å². The molecule has 1 saturated carbocycles. The van der Waals surface area contributed by atoms with Crippen molar-refractivity contribution in [3.8, 4) is 6.07 Å². The Hall–Kier alpha value is -1.57. The van der Waals surface area contributed by atoms with Crippen LogP contribution in [0.5, 0.6) is 0 Å². The summed E-state index contributed by atoms with van der Waals surface area (Å²) in [5.74, 6) is -0.104. The molecule has 0 aromatic heterocycles. The zero-order valence-corrected chi connectivity index (χ0v) is 9.16. The smallest absolute Gasteiger partial charge is 0.243 e. The summed E-state index contributed by atoms with van der Waals surface area (Å²) in [6, 6.07) is 2.15. The maximum absolute atomic E-state index is 12.2. The van der Waals surface area contributed by atoms with Crippen molar-refractivity contribution >= 4 is 11.8 Å². The van der Waals surface area contributed by atoms with Crippen molar-refractivity contribution in [1.82, 2.24) is 10.2 Å². The van der Waals surface area contributed by atoms with E-state index in [9.17, 15) is 9.59 Å². The van der Waals surface area contributed by atoms with Gasteiger partial charge >= 0.3 is 0 Å². The molecule has 1 aliphatic heterocycles. The molecule has 0 aromatic rings. The van der Waals surface area contributed by atoms with Gasteiger partial charge in [-0.3, -0.25) is 9.59 Å². The average Bonchev–Trinajstić information content (AvgIpc) is 2.42. The first-order valence-electron chi connectivity index (χ1n) is 5.65. The SMILES string of the molecule is N#CC1(C(=O)N2CCNC(=O)CC2)CCC1. The average molecular weight is 221 g/mol. The van der Waals surface area contributed by atoms with Crippen LogP contribution in [0.1, 0.15) is 25.7 Å². The van der Waals surface area contributed by atoms with Gasteiger partial charge in [-0.1, -0.05) is 0 Å². The van der Waals surface area contributed by atoms with E-state index in [2.05, 4.69) is 11.4 Å². The van der Waals surface area contributed by atoms with E-state index in [0.717, 1.165) is 6.42 Å². The minimum atomic E-state index is -0.784. The lowest BCUT2D eigenvalue weighted by atomic mass is 9.69. The molecule has 5 heteroatoms. The van der Waals surface area contributed by atoms with E-state index in [1.54, 1.807) is 4.90 Å². The number of hydrogen-bond donors (Lipinski definition) is 1. The third kappa shape index (κ3) is 1.75. The van der Waals surface area contributed by atoms with Gasteiger partial charge in [0.25, 0.3) is 0 Å². The monoisotopic (exact) mass is 221 g/mol. The number of carbonyl (C=O) groups is 2. The molecule has 2 aliphatic rings.